The molecule has 20 heavy (non-hydrogen) atoms. The molecule has 0 radical (unpaired) electrons. The summed E-state index contributed by atoms with van der Waals surface area (Å²) in [6.07, 6.45) is -6.56. The van der Waals surface area contributed by atoms with Gasteiger partial charge in [-0.25, -0.2) is 4.79 Å². The van der Waals surface area contributed by atoms with E-state index in [1.54, 1.807) is 41.5 Å². The van der Waals surface area contributed by atoms with Gasteiger partial charge in [0.1, 0.15) is 5.60 Å². The van der Waals surface area contributed by atoms with E-state index in [1.807, 2.05) is 0 Å². The number of halogens is 3. The second-order valence-electron chi connectivity index (χ2n) is 6.69. The number of carbonyl (C=O) groups is 2. The second kappa shape index (κ2) is 6.01. The molecule has 1 N–H and O–H groups in total. The van der Waals surface area contributed by atoms with Gasteiger partial charge in [0.05, 0.1) is 0 Å². The van der Waals surface area contributed by atoms with Crippen LogP contribution < -0.4 is 5.32 Å². The molecule has 1 atom stereocenters. The number of Topliss-reactive ketones (excluding diaryl/α,β-unsaturated/α-hetero) is 1. The Morgan fingerprint density at radius 1 is 1.05 bits per heavy atom. The SMILES string of the molecule is CC(C)(C)OC(=O)NC(CC(=O)C(F)(F)F)C(C)(C)C. The largest absolute Gasteiger partial charge is 0.450 e. The molecule has 0 fully saturated rings. The van der Waals surface area contributed by atoms with Crippen LogP contribution in [0.4, 0.5) is 18.0 Å². The highest BCUT2D eigenvalue weighted by atomic mass is 19.4. The molecule has 0 aromatic carbocycles. The molecule has 118 valence electrons. The molecule has 0 saturated carbocycles. The van der Waals surface area contributed by atoms with Crippen molar-refractivity contribution in [3.05, 3.63) is 0 Å². The van der Waals surface area contributed by atoms with Crippen molar-refractivity contribution in [1.29, 1.82) is 0 Å². The van der Waals surface area contributed by atoms with Crippen molar-refractivity contribution in [3.63, 3.8) is 0 Å². The van der Waals surface area contributed by atoms with E-state index in [4.69, 9.17) is 4.74 Å². The van der Waals surface area contributed by atoms with Crippen LogP contribution in [0.25, 0.3) is 0 Å². The van der Waals surface area contributed by atoms with Gasteiger partial charge in [0.2, 0.25) is 5.78 Å². The minimum atomic E-state index is -4.90. The standard InChI is InChI=1S/C13H22F3NO3/c1-11(2,3)8(7-9(18)13(14,15)16)17-10(19)20-12(4,5)6/h8H,7H2,1-6H3,(H,17,19). The van der Waals surface area contributed by atoms with Gasteiger partial charge in [-0.3, -0.25) is 4.79 Å². The van der Waals surface area contributed by atoms with Crippen molar-refractivity contribution < 1.29 is 27.5 Å². The molecule has 0 aliphatic rings. The lowest BCUT2D eigenvalue weighted by molar-refractivity contribution is -0.172. The van der Waals surface area contributed by atoms with Crippen molar-refractivity contribution in [2.24, 2.45) is 5.41 Å². The average molecular weight is 297 g/mol. The summed E-state index contributed by atoms with van der Waals surface area (Å²) in [5, 5.41) is 2.33. The summed E-state index contributed by atoms with van der Waals surface area (Å²) in [7, 11) is 0. The molecule has 0 heterocycles. The second-order valence-corrected chi connectivity index (χ2v) is 6.69. The first kappa shape index (κ1) is 18.7. The first-order valence-electron chi connectivity index (χ1n) is 6.22. The summed E-state index contributed by atoms with van der Waals surface area (Å²) in [5.41, 5.74) is -1.47. The molecule has 1 unspecified atom stereocenters. The van der Waals surface area contributed by atoms with Crippen LogP contribution in [0.3, 0.4) is 0 Å². The number of hydrogen-bond acceptors (Lipinski definition) is 3. The van der Waals surface area contributed by atoms with Gasteiger partial charge in [-0.2, -0.15) is 13.2 Å². The summed E-state index contributed by atoms with van der Waals surface area (Å²) in [6.45, 7) is 9.83. The lowest BCUT2D eigenvalue weighted by Crippen LogP contribution is -2.48. The number of alkyl halides is 3. The molecule has 7 heteroatoms. The molecule has 0 aromatic heterocycles. The van der Waals surface area contributed by atoms with Gasteiger partial charge in [-0.05, 0) is 26.2 Å². The summed E-state index contributed by atoms with van der Waals surface area (Å²) >= 11 is 0. The lowest BCUT2D eigenvalue weighted by atomic mass is 9.84. The number of carbonyl (C=O) groups excluding carboxylic acids is 2. The van der Waals surface area contributed by atoms with E-state index < -0.39 is 41.5 Å². The van der Waals surface area contributed by atoms with Crippen molar-refractivity contribution in [2.75, 3.05) is 0 Å². The van der Waals surface area contributed by atoms with E-state index in [0.29, 0.717) is 0 Å². The molecular weight excluding hydrogens is 275 g/mol. The summed E-state index contributed by atoms with van der Waals surface area (Å²) in [4.78, 5) is 22.7. The number of alkyl carbamates (subject to hydrolysis) is 1. The number of hydrogen-bond donors (Lipinski definition) is 1. The summed E-state index contributed by atoms with van der Waals surface area (Å²) in [5.74, 6) is -1.87. The van der Waals surface area contributed by atoms with E-state index in [9.17, 15) is 22.8 Å². The zero-order valence-electron chi connectivity index (χ0n) is 12.6. The molecule has 0 aliphatic carbocycles. The summed E-state index contributed by atoms with van der Waals surface area (Å²) < 4.78 is 41.9. The molecule has 0 spiro atoms. The first-order valence-corrected chi connectivity index (χ1v) is 6.22. The maximum Gasteiger partial charge on any atom is 0.450 e. The number of ether oxygens (including phenoxy) is 1. The Balaban J connectivity index is 4.86. The van der Waals surface area contributed by atoms with Crippen LogP contribution >= 0.6 is 0 Å². The fourth-order valence-corrected chi connectivity index (χ4v) is 1.32. The maximum absolute atomic E-state index is 12.3. The normalized spacial score (nSPS) is 14.7. The Morgan fingerprint density at radius 3 is 1.80 bits per heavy atom. The number of ketones is 1. The monoisotopic (exact) mass is 297 g/mol. The molecule has 0 saturated heterocycles. The topological polar surface area (TPSA) is 55.4 Å². The van der Waals surface area contributed by atoms with Gasteiger partial charge in [-0.15, -0.1) is 0 Å². The minimum absolute atomic E-state index is 0.711. The highest BCUT2D eigenvalue weighted by molar-refractivity contribution is 5.85. The Labute approximate surface area is 117 Å². The zero-order chi connectivity index (χ0) is 16.4. The van der Waals surface area contributed by atoms with Crippen LogP contribution in [0.2, 0.25) is 0 Å². The van der Waals surface area contributed by atoms with E-state index in [-0.39, 0.29) is 0 Å². The average Bonchev–Trinajstić information content (AvgIpc) is 2.09. The van der Waals surface area contributed by atoms with Crippen LogP contribution in [0, 0.1) is 5.41 Å². The molecule has 4 nitrogen and oxygen atoms in total. The maximum atomic E-state index is 12.3. The van der Waals surface area contributed by atoms with Gasteiger partial charge in [-0.1, -0.05) is 20.8 Å². The molecular formula is C13H22F3NO3. The van der Waals surface area contributed by atoms with E-state index >= 15 is 0 Å². The van der Waals surface area contributed by atoms with Crippen LogP contribution in [0.5, 0.6) is 0 Å². The zero-order valence-corrected chi connectivity index (χ0v) is 12.6. The Hall–Kier alpha value is -1.27. The van der Waals surface area contributed by atoms with Gasteiger partial charge >= 0.3 is 12.3 Å². The fraction of sp³-hybridized carbons (Fsp3) is 0.846. The third kappa shape index (κ3) is 7.35. The molecule has 0 bridgehead atoms. The first-order chi connectivity index (χ1) is 8.63. The molecule has 1 amide bonds. The molecule has 0 rings (SSSR count). The minimum Gasteiger partial charge on any atom is -0.444 e. The van der Waals surface area contributed by atoms with Crippen molar-refractivity contribution in [3.8, 4) is 0 Å². The van der Waals surface area contributed by atoms with Crippen molar-refractivity contribution in [2.45, 2.75) is 65.8 Å². The highest BCUT2D eigenvalue weighted by Gasteiger charge is 2.42. The van der Waals surface area contributed by atoms with E-state index in [2.05, 4.69) is 5.32 Å². The quantitative estimate of drug-likeness (QED) is 0.868. The van der Waals surface area contributed by atoms with Crippen molar-refractivity contribution >= 4 is 11.9 Å². The van der Waals surface area contributed by atoms with E-state index in [1.165, 1.54) is 0 Å². The van der Waals surface area contributed by atoms with Crippen molar-refractivity contribution in [1.82, 2.24) is 5.32 Å². The Bertz CT molecular complexity index is 365. The molecule has 0 aromatic rings. The third-order valence-corrected chi connectivity index (χ3v) is 2.44. The number of rotatable bonds is 3. The van der Waals surface area contributed by atoms with Gasteiger partial charge in [0.15, 0.2) is 0 Å². The van der Waals surface area contributed by atoms with Crippen LogP contribution in [-0.4, -0.2) is 29.7 Å². The van der Waals surface area contributed by atoms with E-state index in [0.717, 1.165) is 0 Å². The predicted molar refractivity (Wildman–Crippen MR) is 68.3 cm³/mol. The fourth-order valence-electron chi connectivity index (χ4n) is 1.32. The highest BCUT2D eigenvalue weighted by Crippen LogP contribution is 2.27. The van der Waals surface area contributed by atoms with Crippen LogP contribution in [-0.2, 0) is 9.53 Å². The van der Waals surface area contributed by atoms with Gasteiger partial charge in [0, 0.05) is 12.5 Å². The third-order valence-electron chi connectivity index (χ3n) is 2.44. The Morgan fingerprint density at radius 2 is 1.50 bits per heavy atom. The molecule has 0 aliphatic heterocycles. The lowest BCUT2D eigenvalue weighted by Gasteiger charge is -2.32. The smallest absolute Gasteiger partial charge is 0.444 e. The number of nitrogens with one attached hydrogen (secondary N) is 1. The van der Waals surface area contributed by atoms with Crippen LogP contribution in [0.1, 0.15) is 48.0 Å². The van der Waals surface area contributed by atoms with Gasteiger partial charge < -0.3 is 10.1 Å². The summed E-state index contributed by atoms with van der Waals surface area (Å²) in [6, 6.07) is -0.966. The van der Waals surface area contributed by atoms with Gasteiger partial charge in [0.25, 0.3) is 0 Å². The predicted octanol–water partition coefficient (Wildman–Crippen LogP) is 3.45. The van der Waals surface area contributed by atoms with Crippen LogP contribution in [0.15, 0.2) is 0 Å². The Kier molecular flexibility index (Phi) is 5.63. The number of amides is 1.